The third-order valence-electron chi connectivity index (χ3n) is 5.93. The van der Waals surface area contributed by atoms with Crippen molar-refractivity contribution < 1.29 is 14.3 Å². The zero-order chi connectivity index (χ0) is 25.1. The number of nitrogens with one attached hydrogen (secondary N) is 1. The second kappa shape index (κ2) is 9.87. The van der Waals surface area contributed by atoms with E-state index < -0.39 is 11.9 Å². The van der Waals surface area contributed by atoms with Crippen LogP contribution in [0.3, 0.4) is 0 Å². The molecule has 3 aromatic carbocycles. The van der Waals surface area contributed by atoms with Crippen molar-refractivity contribution >= 4 is 39.4 Å². The molecule has 2 heterocycles. The van der Waals surface area contributed by atoms with Crippen LogP contribution < -0.4 is 10.9 Å². The number of ether oxygens (including phenoxy) is 1. The quantitative estimate of drug-likeness (QED) is 0.352. The SMILES string of the molecule is CCOC(=O)c1ccc(NC(=O)Cn2ncc3c4ccccc4n(Cc4ccccc4)c3c2=O)cc1. The Morgan fingerprint density at radius 2 is 1.64 bits per heavy atom. The average Bonchev–Trinajstić information content (AvgIpc) is 3.21. The minimum absolute atomic E-state index is 0.249. The third kappa shape index (κ3) is 4.48. The fraction of sp³-hybridized carbons (Fsp3) is 0.143. The number of rotatable bonds is 7. The number of nitrogens with zero attached hydrogens (tertiary/aromatic N) is 3. The fourth-order valence-corrected chi connectivity index (χ4v) is 4.28. The standard InChI is InChI=1S/C28H24N4O4/c1-2-36-28(35)20-12-14-21(15-13-20)30-25(33)18-32-27(34)26-23(16-29-32)22-10-6-7-11-24(22)31(26)17-19-8-4-3-5-9-19/h3-16H,2,17-18H2,1H3,(H,30,33). The molecule has 36 heavy (non-hydrogen) atoms. The number of hydrogen-bond acceptors (Lipinski definition) is 5. The molecule has 0 atom stereocenters. The Bertz CT molecular complexity index is 1620. The Kier molecular flexibility index (Phi) is 6.32. The molecular weight excluding hydrogens is 456 g/mol. The molecule has 0 aliphatic carbocycles. The van der Waals surface area contributed by atoms with Gasteiger partial charge in [-0.3, -0.25) is 9.59 Å². The van der Waals surface area contributed by atoms with Crippen molar-refractivity contribution in [3.63, 3.8) is 0 Å². The molecule has 180 valence electrons. The number of esters is 1. The Balaban J connectivity index is 1.44. The Morgan fingerprint density at radius 3 is 2.39 bits per heavy atom. The first-order valence-electron chi connectivity index (χ1n) is 11.6. The lowest BCUT2D eigenvalue weighted by Crippen LogP contribution is -2.30. The zero-order valence-corrected chi connectivity index (χ0v) is 19.7. The van der Waals surface area contributed by atoms with Crippen LogP contribution in [0.25, 0.3) is 21.8 Å². The first-order valence-corrected chi connectivity index (χ1v) is 11.6. The van der Waals surface area contributed by atoms with Crippen molar-refractivity contribution in [1.29, 1.82) is 0 Å². The Hall–Kier alpha value is -4.72. The van der Waals surface area contributed by atoms with Crippen molar-refractivity contribution in [3.8, 4) is 0 Å². The van der Waals surface area contributed by atoms with E-state index in [1.54, 1.807) is 37.4 Å². The van der Waals surface area contributed by atoms with Gasteiger partial charge in [0.05, 0.1) is 18.4 Å². The van der Waals surface area contributed by atoms with Crippen LogP contribution in [0.5, 0.6) is 0 Å². The number of hydrogen-bond donors (Lipinski definition) is 1. The number of amides is 1. The maximum Gasteiger partial charge on any atom is 0.338 e. The summed E-state index contributed by atoms with van der Waals surface area (Å²) in [6, 6.07) is 24.1. The maximum absolute atomic E-state index is 13.5. The van der Waals surface area contributed by atoms with Crippen LogP contribution in [0.15, 0.2) is 89.9 Å². The van der Waals surface area contributed by atoms with E-state index in [0.717, 1.165) is 21.9 Å². The number of para-hydroxylation sites is 1. The minimum atomic E-state index is -0.426. The average molecular weight is 481 g/mol. The molecule has 2 aromatic heterocycles. The second-order valence-electron chi connectivity index (χ2n) is 8.30. The second-order valence-corrected chi connectivity index (χ2v) is 8.30. The van der Waals surface area contributed by atoms with Gasteiger partial charge in [-0.15, -0.1) is 0 Å². The lowest BCUT2D eigenvalue weighted by molar-refractivity contribution is -0.117. The third-order valence-corrected chi connectivity index (χ3v) is 5.93. The van der Waals surface area contributed by atoms with Gasteiger partial charge in [-0.05, 0) is 42.8 Å². The summed E-state index contributed by atoms with van der Waals surface area (Å²) in [7, 11) is 0. The van der Waals surface area contributed by atoms with E-state index in [0.29, 0.717) is 23.3 Å². The molecule has 0 spiro atoms. The van der Waals surface area contributed by atoms with E-state index >= 15 is 0 Å². The Labute approximate surface area is 206 Å². The van der Waals surface area contributed by atoms with Crippen LogP contribution in [0.1, 0.15) is 22.8 Å². The van der Waals surface area contributed by atoms with Gasteiger partial charge >= 0.3 is 5.97 Å². The molecule has 0 radical (unpaired) electrons. The van der Waals surface area contributed by atoms with E-state index in [2.05, 4.69) is 10.4 Å². The van der Waals surface area contributed by atoms with Crippen molar-refractivity contribution in [3.05, 3.63) is 107 Å². The number of aromatic nitrogens is 3. The van der Waals surface area contributed by atoms with Gasteiger partial charge in [0.15, 0.2) is 0 Å². The van der Waals surface area contributed by atoms with Crippen LogP contribution in [0, 0.1) is 0 Å². The first-order chi connectivity index (χ1) is 17.5. The molecule has 1 amide bonds. The maximum atomic E-state index is 13.5. The minimum Gasteiger partial charge on any atom is -0.462 e. The van der Waals surface area contributed by atoms with Gasteiger partial charge in [0, 0.05) is 28.5 Å². The van der Waals surface area contributed by atoms with E-state index in [9.17, 15) is 14.4 Å². The van der Waals surface area contributed by atoms with Gasteiger partial charge < -0.3 is 14.6 Å². The molecule has 0 bridgehead atoms. The largest absolute Gasteiger partial charge is 0.462 e. The van der Waals surface area contributed by atoms with Crippen molar-refractivity contribution in [1.82, 2.24) is 14.3 Å². The van der Waals surface area contributed by atoms with Crippen LogP contribution in [-0.2, 0) is 22.6 Å². The molecule has 1 N–H and O–H groups in total. The highest BCUT2D eigenvalue weighted by atomic mass is 16.5. The Morgan fingerprint density at radius 1 is 0.917 bits per heavy atom. The lowest BCUT2D eigenvalue weighted by Gasteiger charge is -2.10. The van der Waals surface area contributed by atoms with Crippen LogP contribution in [-0.4, -0.2) is 32.8 Å². The summed E-state index contributed by atoms with van der Waals surface area (Å²) in [4.78, 5) is 38.1. The number of carbonyl (C=O) groups is 2. The van der Waals surface area contributed by atoms with Gasteiger partial charge in [-0.2, -0.15) is 5.10 Å². The van der Waals surface area contributed by atoms with Gasteiger partial charge in [-0.1, -0.05) is 48.5 Å². The predicted molar refractivity (Wildman–Crippen MR) is 138 cm³/mol. The number of anilines is 1. The zero-order valence-electron chi connectivity index (χ0n) is 19.7. The summed E-state index contributed by atoms with van der Waals surface area (Å²) in [5, 5.41) is 8.72. The summed E-state index contributed by atoms with van der Waals surface area (Å²) in [6.45, 7) is 2.29. The normalized spacial score (nSPS) is 11.0. The highest BCUT2D eigenvalue weighted by Gasteiger charge is 2.17. The highest BCUT2D eigenvalue weighted by Crippen LogP contribution is 2.27. The van der Waals surface area contributed by atoms with Crippen molar-refractivity contribution in [2.45, 2.75) is 20.0 Å². The van der Waals surface area contributed by atoms with Crippen LogP contribution >= 0.6 is 0 Å². The van der Waals surface area contributed by atoms with Gasteiger partial charge in [0.1, 0.15) is 12.1 Å². The molecular formula is C28H24N4O4. The molecule has 0 saturated carbocycles. The van der Waals surface area contributed by atoms with Crippen molar-refractivity contribution in [2.24, 2.45) is 0 Å². The van der Waals surface area contributed by atoms with Crippen LogP contribution in [0.4, 0.5) is 5.69 Å². The summed E-state index contributed by atoms with van der Waals surface area (Å²) in [6.07, 6.45) is 1.64. The summed E-state index contributed by atoms with van der Waals surface area (Å²) in [5.41, 5.74) is 3.05. The van der Waals surface area contributed by atoms with Gasteiger partial charge in [0.25, 0.3) is 5.56 Å². The predicted octanol–water partition coefficient (Wildman–Crippen LogP) is 4.21. The molecule has 0 aliphatic heterocycles. The van der Waals surface area contributed by atoms with Gasteiger partial charge in [0.2, 0.25) is 5.91 Å². The summed E-state index contributed by atoms with van der Waals surface area (Å²) in [5.74, 6) is -0.830. The molecule has 0 unspecified atom stereocenters. The lowest BCUT2D eigenvalue weighted by atomic mass is 10.2. The topological polar surface area (TPSA) is 95.2 Å². The number of fused-ring (bicyclic) bond motifs is 3. The van der Waals surface area contributed by atoms with Gasteiger partial charge in [-0.25, -0.2) is 9.48 Å². The molecule has 8 heteroatoms. The fourth-order valence-electron chi connectivity index (χ4n) is 4.28. The molecule has 0 aliphatic rings. The molecule has 8 nitrogen and oxygen atoms in total. The van der Waals surface area contributed by atoms with E-state index in [-0.39, 0.29) is 18.7 Å². The van der Waals surface area contributed by atoms with E-state index in [1.165, 1.54) is 4.68 Å². The van der Waals surface area contributed by atoms with E-state index in [4.69, 9.17) is 4.74 Å². The van der Waals surface area contributed by atoms with E-state index in [1.807, 2.05) is 59.2 Å². The highest BCUT2D eigenvalue weighted by molar-refractivity contribution is 6.07. The van der Waals surface area contributed by atoms with Crippen molar-refractivity contribution in [2.75, 3.05) is 11.9 Å². The first kappa shape index (κ1) is 23.0. The molecule has 5 aromatic rings. The van der Waals surface area contributed by atoms with Crippen LogP contribution in [0.2, 0.25) is 0 Å². The summed E-state index contributed by atoms with van der Waals surface area (Å²) >= 11 is 0. The molecule has 5 rings (SSSR count). The molecule has 0 fully saturated rings. The summed E-state index contributed by atoms with van der Waals surface area (Å²) < 4.78 is 8.12. The number of benzene rings is 3. The monoisotopic (exact) mass is 480 g/mol. The molecule has 0 saturated heterocycles. The number of carbonyl (C=O) groups excluding carboxylic acids is 2. The smallest absolute Gasteiger partial charge is 0.338 e.